The first-order valence-corrected chi connectivity index (χ1v) is 10.6. The van der Waals surface area contributed by atoms with E-state index in [2.05, 4.69) is 15.9 Å². The van der Waals surface area contributed by atoms with Crippen LogP contribution in [-0.2, 0) is 10.0 Å². The molecule has 1 aromatic heterocycles. The van der Waals surface area contributed by atoms with Crippen LogP contribution in [0.3, 0.4) is 0 Å². The van der Waals surface area contributed by atoms with Crippen molar-refractivity contribution in [2.75, 3.05) is 13.1 Å². The van der Waals surface area contributed by atoms with Crippen LogP contribution in [0, 0.1) is 0 Å². The lowest BCUT2D eigenvalue weighted by molar-refractivity contribution is 0.104. The van der Waals surface area contributed by atoms with Gasteiger partial charge in [0.25, 0.3) is 0 Å². The molecule has 0 fully saturated rings. The lowest BCUT2D eigenvalue weighted by Crippen LogP contribution is -2.30. The second kappa shape index (κ2) is 8.20. The van der Waals surface area contributed by atoms with Crippen LogP contribution in [0.15, 0.2) is 51.2 Å². The highest BCUT2D eigenvalue weighted by Gasteiger charge is 2.21. The van der Waals surface area contributed by atoms with Gasteiger partial charge in [0.15, 0.2) is 5.78 Å². The molecule has 0 aliphatic heterocycles. The minimum absolute atomic E-state index is 0.161. The Hall–Kier alpha value is -1.28. The second-order valence-corrected chi connectivity index (χ2v) is 8.78. The Labute approximate surface area is 155 Å². The predicted octanol–water partition coefficient (Wildman–Crippen LogP) is 4.44. The first-order chi connectivity index (χ1) is 11.4. The molecule has 0 spiro atoms. The average molecular weight is 428 g/mol. The van der Waals surface area contributed by atoms with Gasteiger partial charge < -0.3 is 0 Å². The predicted molar refractivity (Wildman–Crippen MR) is 102 cm³/mol. The number of thiophene rings is 1. The van der Waals surface area contributed by atoms with Crippen molar-refractivity contribution in [1.29, 1.82) is 0 Å². The summed E-state index contributed by atoms with van der Waals surface area (Å²) in [7, 11) is -3.50. The van der Waals surface area contributed by atoms with Crippen molar-refractivity contribution in [3.8, 4) is 0 Å². The quantitative estimate of drug-likeness (QED) is 0.484. The van der Waals surface area contributed by atoms with Gasteiger partial charge in [-0.05, 0) is 58.4 Å². The highest BCUT2D eigenvalue weighted by atomic mass is 79.9. The fraction of sp³-hybridized carbons (Fsp3) is 0.235. The molecular weight excluding hydrogens is 410 g/mol. The number of carbonyl (C=O) groups excluding carboxylic acids is 1. The van der Waals surface area contributed by atoms with Crippen molar-refractivity contribution >= 4 is 49.1 Å². The molecule has 0 N–H and O–H groups in total. The van der Waals surface area contributed by atoms with Gasteiger partial charge in [0.1, 0.15) is 0 Å². The molecule has 128 valence electrons. The SMILES string of the molecule is CCN(CC)S(=O)(=O)c1ccc(C(=O)C=Cc2cc(Br)cs2)cc1. The molecule has 0 saturated heterocycles. The zero-order chi connectivity index (χ0) is 17.7. The molecule has 24 heavy (non-hydrogen) atoms. The molecule has 4 nitrogen and oxygen atoms in total. The molecule has 0 radical (unpaired) electrons. The van der Waals surface area contributed by atoms with E-state index in [0.717, 1.165) is 9.35 Å². The van der Waals surface area contributed by atoms with Crippen LogP contribution < -0.4 is 0 Å². The molecule has 0 amide bonds. The molecule has 2 rings (SSSR count). The van der Waals surface area contributed by atoms with Gasteiger partial charge in [-0.1, -0.05) is 13.8 Å². The van der Waals surface area contributed by atoms with E-state index < -0.39 is 10.0 Å². The molecule has 0 unspecified atom stereocenters. The van der Waals surface area contributed by atoms with E-state index in [9.17, 15) is 13.2 Å². The molecular formula is C17H18BrNO3S2. The number of hydrogen-bond acceptors (Lipinski definition) is 4. The number of benzene rings is 1. The van der Waals surface area contributed by atoms with E-state index in [4.69, 9.17) is 0 Å². The maximum atomic E-state index is 12.4. The summed E-state index contributed by atoms with van der Waals surface area (Å²) in [6.45, 7) is 4.43. The highest BCUT2D eigenvalue weighted by Crippen LogP contribution is 2.21. The molecule has 0 aliphatic carbocycles. The van der Waals surface area contributed by atoms with E-state index in [1.54, 1.807) is 32.1 Å². The van der Waals surface area contributed by atoms with Crippen molar-refractivity contribution in [1.82, 2.24) is 4.31 Å². The summed E-state index contributed by atoms with van der Waals surface area (Å²) in [5.74, 6) is -0.161. The van der Waals surface area contributed by atoms with Gasteiger partial charge in [0.2, 0.25) is 10.0 Å². The number of ketones is 1. The number of nitrogens with zero attached hydrogens (tertiary/aromatic N) is 1. The third-order valence-electron chi connectivity index (χ3n) is 3.47. The van der Waals surface area contributed by atoms with Crippen molar-refractivity contribution in [3.05, 3.63) is 56.7 Å². The van der Waals surface area contributed by atoms with Crippen LogP contribution >= 0.6 is 27.3 Å². The Bertz CT molecular complexity index is 835. The Morgan fingerprint density at radius 3 is 2.33 bits per heavy atom. The Balaban J connectivity index is 2.17. The van der Waals surface area contributed by atoms with Crippen LogP contribution in [0.25, 0.3) is 6.08 Å². The van der Waals surface area contributed by atoms with E-state index in [1.807, 2.05) is 11.4 Å². The fourth-order valence-electron chi connectivity index (χ4n) is 2.17. The van der Waals surface area contributed by atoms with E-state index in [0.29, 0.717) is 18.7 Å². The lowest BCUT2D eigenvalue weighted by atomic mass is 10.1. The topological polar surface area (TPSA) is 54.5 Å². The van der Waals surface area contributed by atoms with Crippen molar-refractivity contribution in [2.45, 2.75) is 18.7 Å². The molecule has 0 atom stereocenters. The monoisotopic (exact) mass is 427 g/mol. The zero-order valence-electron chi connectivity index (χ0n) is 13.4. The zero-order valence-corrected chi connectivity index (χ0v) is 16.6. The summed E-state index contributed by atoms with van der Waals surface area (Å²) in [5, 5.41) is 1.94. The first kappa shape index (κ1) is 19.1. The number of carbonyl (C=O) groups is 1. The van der Waals surface area contributed by atoms with Gasteiger partial charge in [0.05, 0.1) is 4.90 Å². The van der Waals surface area contributed by atoms with E-state index in [-0.39, 0.29) is 10.7 Å². The van der Waals surface area contributed by atoms with E-state index >= 15 is 0 Å². The normalized spacial score (nSPS) is 12.2. The minimum atomic E-state index is -3.50. The second-order valence-electron chi connectivity index (χ2n) is 4.98. The maximum absolute atomic E-state index is 12.4. The number of halogens is 1. The fourth-order valence-corrected chi connectivity index (χ4v) is 4.97. The van der Waals surface area contributed by atoms with Gasteiger partial charge in [-0.15, -0.1) is 11.3 Å². The van der Waals surface area contributed by atoms with Crippen molar-refractivity contribution < 1.29 is 13.2 Å². The molecule has 0 bridgehead atoms. The van der Waals surface area contributed by atoms with Crippen LogP contribution in [0.5, 0.6) is 0 Å². The highest BCUT2D eigenvalue weighted by molar-refractivity contribution is 9.10. The standard InChI is InChI=1S/C17H18BrNO3S2/c1-3-19(4-2)24(21,22)16-8-5-13(6-9-16)17(20)10-7-15-11-14(18)12-23-15/h5-12H,3-4H2,1-2H3. The van der Waals surface area contributed by atoms with Crippen LogP contribution in [0.1, 0.15) is 29.1 Å². The summed E-state index contributed by atoms with van der Waals surface area (Å²) >= 11 is 4.89. The summed E-state index contributed by atoms with van der Waals surface area (Å²) in [5.41, 5.74) is 0.459. The Kier molecular flexibility index (Phi) is 6.51. The third-order valence-corrected chi connectivity index (χ3v) is 7.19. The summed E-state index contributed by atoms with van der Waals surface area (Å²) < 4.78 is 27.2. The molecule has 7 heteroatoms. The van der Waals surface area contributed by atoms with Crippen LogP contribution in [0.2, 0.25) is 0 Å². The van der Waals surface area contributed by atoms with Gasteiger partial charge in [0, 0.05) is 33.4 Å². The van der Waals surface area contributed by atoms with E-state index in [1.165, 1.54) is 33.9 Å². The maximum Gasteiger partial charge on any atom is 0.243 e. The Morgan fingerprint density at radius 1 is 1.21 bits per heavy atom. The van der Waals surface area contributed by atoms with Crippen molar-refractivity contribution in [3.63, 3.8) is 0 Å². The number of sulfonamides is 1. The largest absolute Gasteiger partial charge is 0.289 e. The summed E-state index contributed by atoms with van der Waals surface area (Å²) in [4.78, 5) is 13.3. The van der Waals surface area contributed by atoms with Crippen molar-refractivity contribution in [2.24, 2.45) is 0 Å². The van der Waals surface area contributed by atoms with Crippen LogP contribution in [0.4, 0.5) is 0 Å². The van der Waals surface area contributed by atoms with Gasteiger partial charge >= 0.3 is 0 Å². The molecule has 2 aromatic rings. The summed E-state index contributed by atoms with van der Waals surface area (Å²) in [6.07, 6.45) is 3.24. The Morgan fingerprint density at radius 2 is 1.83 bits per heavy atom. The number of allylic oxidation sites excluding steroid dienone is 1. The van der Waals surface area contributed by atoms with Gasteiger partial charge in [-0.2, -0.15) is 4.31 Å². The number of rotatable bonds is 7. The molecule has 0 saturated carbocycles. The van der Waals surface area contributed by atoms with Gasteiger partial charge in [-0.3, -0.25) is 4.79 Å². The smallest absolute Gasteiger partial charge is 0.243 e. The molecule has 0 aliphatic rings. The molecule has 1 heterocycles. The number of hydrogen-bond donors (Lipinski definition) is 0. The average Bonchev–Trinajstić information content (AvgIpc) is 2.99. The third kappa shape index (κ3) is 4.42. The summed E-state index contributed by atoms with van der Waals surface area (Å²) in [6, 6.07) is 7.99. The molecule has 1 aromatic carbocycles. The van der Waals surface area contributed by atoms with Crippen LogP contribution in [-0.4, -0.2) is 31.6 Å². The minimum Gasteiger partial charge on any atom is -0.289 e. The van der Waals surface area contributed by atoms with Gasteiger partial charge in [-0.25, -0.2) is 8.42 Å². The lowest BCUT2D eigenvalue weighted by Gasteiger charge is -2.18. The first-order valence-electron chi connectivity index (χ1n) is 7.45.